The van der Waals surface area contributed by atoms with Crippen LogP contribution < -0.4 is 20.1 Å². The molecular formula is C17H25ClF2N2O4. The van der Waals surface area contributed by atoms with Crippen molar-refractivity contribution in [1.82, 2.24) is 10.6 Å². The average molecular weight is 395 g/mol. The van der Waals surface area contributed by atoms with Crippen LogP contribution in [0.4, 0.5) is 8.78 Å². The Balaban J connectivity index is 0.00000338. The van der Waals surface area contributed by atoms with Crippen LogP contribution >= 0.6 is 12.4 Å². The lowest BCUT2D eigenvalue weighted by atomic mass is 9.79. The van der Waals surface area contributed by atoms with Crippen molar-refractivity contribution in [2.45, 2.75) is 19.5 Å². The van der Waals surface area contributed by atoms with Crippen molar-refractivity contribution in [2.75, 3.05) is 40.5 Å². The third kappa shape index (κ3) is 5.69. The summed E-state index contributed by atoms with van der Waals surface area (Å²) < 4.78 is 40.2. The second kappa shape index (κ2) is 10.5. The molecule has 1 saturated heterocycles. The van der Waals surface area contributed by atoms with Crippen molar-refractivity contribution in [3.05, 3.63) is 23.8 Å². The number of rotatable bonds is 8. The van der Waals surface area contributed by atoms with Gasteiger partial charge in [0.05, 0.1) is 19.3 Å². The quantitative estimate of drug-likeness (QED) is 0.709. The number of amides is 1. The molecule has 0 saturated carbocycles. The molecule has 148 valence electrons. The van der Waals surface area contributed by atoms with E-state index in [9.17, 15) is 13.6 Å². The van der Waals surface area contributed by atoms with Crippen LogP contribution in [0.1, 0.15) is 23.2 Å². The molecule has 0 unspecified atom stereocenters. The first-order valence-electron chi connectivity index (χ1n) is 8.11. The highest BCUT2D eigenvalue weighted by Crippen LogP contribution is 2.33. The SMILES string of the molecule is COCC1(CNC(=O)c2cccc(OC)c2OC(F)F)CCNCC1.Cl. The number of carbonyl (C=O) groups excluding carboxylic acids is 1. The molecule has 26 heavy (non-hydrogen) atoms. The molecule has 9 heteroatoms. The molecule has 1 heterocycles. The fourth-order valence-corrected chi connectivity index (χ4v) is 3.06. The molecule has 6 nitrogen and oxygen atoms in total. The van der Waals surface area contributed by atoms with Gasteiger partial charge in [0, 0.05) is 19.1 Å². The first-order valence-corrected chi connectivity index (χ1v) is 8.11. The molecule has 0 radical (unpaired) electrons. The summed E-state index contributed by atoms with van der Waals surface area (Å²) in [5.74, 6) is -0.659. The van der Waals surface area contributed by atoms with Gasteiger partial charge in [-0.2, -0.15) is 8.78 Å². The molecule has 1 aliphatic heterocycles. The van der Waals surface area contributed by atoms with Crippen LogP contribution in [0.2, 0.25) is 0 Å². The van der Waals surface area contributed by atoms with Crippen LogP contribution in [-0.2, 0) is 4.74 Å². The van der Waals surface area contributed by atoms with E-state index < -0.39 is 12.5 Å². The van der Waals surface area contributed by atoms with Crippen molar-refractivity contribution in [3.8, 4) is 11.5 Å². The maximum Gasteiger partial charge on any atom is 0.387 e. The van der Waals surface area contributed by atoms with Gasteiger partial charge < -0.3 is 24.8 Å². The largest absolute Gasteiger partial charge is 0.493 e. The van der Waals surface area contributed by atoms with E-state index >= 15 is 0 Å². The molecular weight excluding hydrogens is 370 g/mol. The lowest BCUT2D eigenvalue weighted by molar-refractivity contribution is -0.0515. The molecule has 0 atom stereocenters. The number of para-hydroxylation sites is 1. The van der Waals surface area contributed by atoms with Gasteiger partial charge >= 0.3 is 6.61 Å². The van der Waals surface area contributed by atoms with Crippen molar-refractivity contribution in [3.63, 3.8) is 0 Å². The summed E-state index contributed by atoms with van der Waals surface area (Å²) >= 11 is 0. The number of hydrogen-bond acceptors (Lipinski definition) is 5. The second-order valence-electron chi connectivity index (χ2n) is 6.08. The Morgan fingerprint density at radius 3 is 2.58 bits per heavy atom. The number of hydrogen-bond donors (Lipinski definition) is 2. The Kier molecular flexibility index (Phi) is 9.04. The predicted molar refractivity (Wildman–Crippen MR) is 95.6 cm³/mol. The van der Waals surface area contributed by atoms with E-state index in [0.29, 0.717) is 13.2 Å². The van der Waals surface area contributed by atoms with Crippen molar-refractivity contribution in [1.29, 1.82) is 0 Å². The number of halogens is 3. The molecule has 0 bridgehead atoms. The fourth-order valence-electron chi connectivity index (χ4n) is 3.06. The molecule has 1 aromatic carbocycles. The summed E-state index contributed by atoms with van der Waals surface area (Å²) in [4.78, 5) is 12.6. The highest BCUT2D eigenvalue weighted by molar-refractivity contribution is 5.97. The van der Waals surface area contributed by atoms with Crippen molar-refractivity contribution >= 4 is 18.3 Å². The lowest BCUT2D eigenvalue weighted by Crippen LogP contribution is -2.47. The zero-order valence-corrected chi connectivity index (χ0v) is 15.7. The molecule has 0 aliphatic carbocycles. The van der Waals surface area contributed by atoms with Crippen molar-refractivity contribution < 1.29 is 27.8 Å². The third-order valence-electron chi connectivity index (χ3n) is 4.39. The molecule has 1 amide bonds. The molecule has 0 aromatic heterocycles. The van der Waals surface area contributed by atoms with Crippen LogP contribution in [0.15, 0.2) is 18.2 Å². The lowest BCUT2D eigenvalue weighted by Gasteiger charge is -2.37. The fraction of sp³-hybridized carbons (Fsp3) is 0.588. The Morgan fingerprint density at radius 1 is 1.31 bits per heavy atom. The zero-order valence-electron chi connectivity index (χ0n) is 14.8. The van der Waals surface area contributed by atoms with Gasteiger partial charge in [0.15, 0.2) is 11.5 Å². The monoisotopic (exact) mass is 394 g/mol. The van der Waals surface area contributed by atoms with E-state index in [1.807, 2.05) is 0 Å². The van der Waals surface area contributed by atoms with Gasteiger partial charge in [-0.25, -0.2) is 0 Å². The van der Waals surface area contributed by atoms with Crippen LogP contribution in [0.3, 0.4) is 0 Å². The minimum Gasteiger partial charge on any atom is -0.493 e. The van der Waals surface area contributed by atoms with E-state index in [-0.39, 0.29) is 34.9 Å². The predicted octanol–water partition coefficient (Wildman–Crippen LogP) is 2.46. The molecule has 0 spiro atoms. The van der Waals surface area contributed by atoms with Crippen molar-refractivity contribution in [2.24, 2.45) is 5.41 Å². The molecule has 1 fully saturated rings. The van der Waals surface area contributed by atoms with Gasteiger partial charge in [-0.05, 0) is 38.1 Å². The number of methoxy groups -OCH3 is 2. The van der Waals surface area contributed by atoms with Gasteiger partial charge in [0.25, 0.3) is 5.91 Å². The summed E-state index contributed by atoms with van der Waals surface area (Å²) in [5.41, 5.74) is -0.153. The second-order valence-corrected chi connectivity index (χ2v) is 6.08. The molecule has 1 aromatic rings. The first-order chi connectivity index (χ1) is 12.0. The standard InChI is InChI=1S/C17H24F2N2O4.ClH/c1-23-11-17(6-8-20-9-7-17)10-21-15(22)12-4-3-5-13(24-2)14(12)25-16(18)19;/h3-5,16,20H,6-11H2,1-2H3,(H,21,22);1H. The highest BCUT2D eigenvalue weighted by Gasteiger charge is 2.33. The highest BCUT2D eigenvalue weighted by atomic mass is 35.5. The van der Waals surface area contributed by atoms with Crippen LogP contribution in [0, 0.1) is 5.41 Å². The summed E-state index contributed by atoms with van der Waals surface area (Å²) in [5, 5.41) is 6.11. The van der Waals surface area contributed by atoms with Crippen LogP contribution in [-0.4, -0.2) is 53.0 Å². The number of piperidine rings is 1. The van der Waals surface area contributed by atoms with E-state index in [0.717, 1.165) is 25.9 Å². The Morgan fingerprint density at radius 2 is 2.00 bits per heavy atom. The smallest absolute Gasteiger partial charge is 0.387 e. The van der Waals surface area contributed by atoms with E-state index in [1.54, 1.807) is 13.2 Å². The number of nitrogens with one attached hydrogen (secondary N) is 2. The van der Waals surface area contributed by atoms with E-state index in [1.165, 1.54) is 19.2 Å². The maximum atomic E-state index is 12.7. The van der Waals surface area contributed by atoms with Gasteiger partial charge in [-0.3, -0.25) is 4.79 Å². The third-order valence-corrected chi connectivity index (χ3v) is 4.39. The summed E-state index contributed by atoms with van der Waals surface area (Å²) in [6.45, 7) is -0.441. The minimum absolute atomic E-state index is 0. The first kappa shape index (κ1) is 22.4. The average Bonchev–Trinajstić information content (AvgIpc) is 2.60. The Hall–Kier alpha value is -1.64. The summed E-state index contributed by atoms with van der Waals surface area (Å²) in [7, 11) is 2.96. The van der Waals surface area contributed by atoms with Gasteiger partial charge in [-0.1, -0.05) is 6.07 Å². The van der Waals surface area contributed by atoms with E-state index in [2.05, 4.69) is 15.4 Å². The normalized spacial score (nSPS) is 15.9. The number of carbonyl (C=O) groups is 1. The molecule has 2 rings (SSSR count). The molecule has 1 aliphatic rings. The Bertz CT molecular complexity index is 578. The number of alkyl halides is 2. The zero-order chi connectivity index (χ0) is 18.3. The Labute approximate surface area is 158 Å². The molecule has 2 N–H and O–H groups in total. The minimum atomic E-state index is -3.05. The summed E-state index contributed by atoms with van der Waals surface area (Å²) in [6.07, 6.45) is 1.72. The number of benzene rings is 1. The number of ether oxygens (including phenoxy) is 3. The van der Waals surface area contributed by atoms with Gasteiger partial charge in [0.2, 0.25) is 0 Å². The van der Waals surface area contributed by atoms with E-state index in [4.69, 9.17) is 9.47 Å². The van der Waals surface area contributed by atoms with Gasteiger partial charge in [0.1, 0.15) is 0 Å². The summed E-state index contributed by atoms with van der Waals surface area (Å²) in [6, 6.07) is 4.45. The van der Waals surface area contributed by atoms with Crippen LogP contribution in [0.25, 0.3) is 0 Å². The van der Waals surface area contributed by atoms with Gasteiger partial charge in [-0.15, -0.1) is 12.4 Å². The van der Waals surface area contributed by atoms with Crippen LogP contribution in [0.5, 0.6) is 11.5 Å². The topological polar surface area (TPSA) is 68.8 Å². The maximum absolute atomic E-state index is 12.7.